The second kappa shape index (κ2) is 10.5. The molecule has 10 heteroatoms. The minimum atomic E-state index is -1.64. The summed E-state index contributed by atoms with van der Waals surface area (Å²) in [5.41, 5.74) is -0.831. The predicted molar refractivity (Wildman–Crippen MR) is 124 cm³/mol. The number of carboxylic acids is 1. The number of hydrogen-bond acceptors (Lipinski definition) is 5. The van der Waals surface area contributed by atoms with Crippen LogP contribution in [-0.4, -0.2) is 28.5 Å². The Balaban J connectivity index is 2.03. The zero-order valence-electron chi connectivity index (χ0n) is 18.6. The first kappa shape index (κ1) is 25.6. The summed E-state index contributed by atoms with van der Waals surface area (Å²) in [6.07, 6.45) is 0.903. The monoisotopic (exact) mass is 500 g/mol. The van der Waals surface area contributed by atoms with E-state index in [-0.39, 0.29) is 23.3 Å². The highest BCUT2D eigenvalue weighted by Crippen LogP contribution is 2.33. The molecular formula is C25H19ClF2N2O5. The van der Waals surface area contributed by atoms with Gasteiger partial charge in [0.1, 0.15) is 5.75 Å². The van der Waals surface area contributed by atoms with Crippen molar-refractivity contribution in [3.63, 3.8) is 0 Å². The van der Waals surface area contributed by atoms with Gasteiger partial charge >= 0.3 is 5.97 Å². The Bertz CT molecular complexity index is 1430. The van der Waals surface area contributed by atoms with Crippen LogP contribution in [0.15, 0.2) is 47.4 Å². The van der Waals surface area contributed by atoms with E-state index in [4.69, 9.17) is 21.4 Å². The Labute approximate surface area is 203 Å². The van der Waals surface area contributed by atoms with Gasteiger partial charge < -0.3 is 14.4 Å². The highest BCUT2D eigenvalue weighted by Gasteiger charge is 2.25. The van der Waals surface area contributed by atoms with E-state index in [1.807, 2.05) is 6.07 Å². The molecule has 2 aromatic carbocycles. The maximum atomic E-state index is 14.4. The Morgan fingerprint density at radius 2 is 1.89 bits per heavy atom. The van der Waals surface area contributed by atoms with E-state index in [1.165, 1.54) is 37.6 Å². The maximum absolute atomic E-state index is 14.4. The second-order valence-corrected chi connectivity index (χ2v) is 8.01. The van der Waals surface area contributed by atoms with Crippen LogP contribution in [0.5, 0.6) is 5.75 Å². The van der Waals surface area contributed by atoms with Crippen molar-refractivity contribution in [1.82, 2.24) is 4.57 Å². The number of rotatable bonds is 8. The summed E-state index contributed by atoms with van der Waals surface area (Å²) < 4.78 is 35.0. The van der Waals surface area contributed by atoms with Crippen LogP contribution in [0.1, 0.15) is 40.9 Å². The number of hydrogen-bond donors (Lipinski definition) is 1. The fourth-order valence-corrected chi connectivity index (χ4v) is 3.93. The van der Waals surface area contributed by atoms with Crippen molar-refractivity contribution in [1.29, 1.82) is 5.26 Å². The number of Topliss-reactive ketones (excluding diaryl/α,β-unsaturated/α-hetero) is 1. The lowest BCUT2D eigenvalue weighted by Crippen LogP contribution is -2.30. The number of carbonyl (C=O) groups excluding carboxylic acids is 1. The van der Waals surface area contributed by atoms with Crippen molar-refractivity contribution in [3.05, 3.63) is 86.3 Å². The van der Waals surface area contributed by atoms with Crippen LogP contribution < -0.4 is 10.3 Å². The van der Waals surface area contributed by atoms with Gasteiger partial charge in [0.15, 0.2) is 17.4 Å². The van der Waals surface area contributed by atoms with Gasteiger partial charge in [0.2, 0.25) is 0 Å². The number of ketones is 1. The molecule has 0 aliphatic carbocycles. The SMILES string of the molecule is CCC(C(=O)Cc1ccc(C(=O)O)c(F)c1F)n1cc(OC)c(-c2cc(Cl)ccc2C#N)cc1=O. The van der Waals surface area contributed by atoms with E-state index in [9.17, 15) is 28.4 Å². The van der Waals surface area contributed by atoms with Gasteiger partial charge in [-0.3, -0.25) is 9.59 Å². The Morgan fingerprint density at radius 1 is 1.17 bits per heavy atom. The lowest BCUT2D eigenvalue weighted by atomic mass is 9.98. The molecule has 35 heavy (non-hydrogen) atoms. The molecule has 1 heterocycles. The van der Waals surface area contributed by atoms with Crippen molar-refractivity contribution < 1.29 is 28.2 Å². The Morgan fingerprint density at radius 3 is 2.49 bits per heavy atom. The number of benzene rings is 2. The Hall–Kier alpha value is -4.03. The van der Waals surface area contributed by atoms with Crippen LogP contribution in [0.25, 0.3) is 11.1 Å². The molecule has 7 nitrogen and oxygen atoms in total. The molecule has 0 aliphatic heterocycles. The molecule has 0 saturated carbocycles. The topological polar surface area (TPSA) is 109 Å². The number of aromatic nitrogens is 1. The maximum Gasteiger partial charge on any atom is 0.338 e. The summed E-state index contributed by atoms with van der Waals surface area (Å²) in [6, 6.07) is 8.66. The number of ether oxygens (including phenoxy) is 1. The number of aromatic carboxylic acids is 1. The highest BCUT2D eigenvalue weighted by molar-refractivity contribution is 6.31. The highest BCUT2D eigenvalue weighted by atomic mass is 35.5. The molecule has 3 rings (SSSR count). The number of carbonyl (C=O) groups is 2. The third-order valence-corrected chi connectivity index (χ3v) is 5.74. The number of methoxy groups -OCH3 is 1. The molecule has 0 saturated heterocycles. The largest absolute Gasteiger partial charge is 0.495 e. The molecule has 3 aromatic rings. The van der Waals surface area contributed by atoms with Gasteiger partial charge in [-0.2, -0.15) is 5.26 Å². The van der Waals surface area contributed by atoms with Gasteiger partial charge in [-0.1, -0.05) is 24.6 Å². The standard InChI is InChI=1S/C25H19ClF2N2O5/c1-3-19(20(31)8-13-5-7-16(25(33)34)24(28)23(13)27)30-12-21(35-2)18(10-22(30)32)17-9-15(26)6-4-14(17)11-29/h4-7,9-10,12,19H,3,8H2,1-2H3,(H,33,34). The Kier molecular flexibility index (Phi) is 7.67. The van der Waals surface area contributed by atoms with Crippen molar-refractivity contribution in [2.45, 2.75) is 25.8 Å². The molecule has 0 aliphatic rings. The van der Waals surface area contributed by atoms with Crippen LogP contribution >= 0.6 is 11.6 Å². The second-order valence-electron chi connectivity index (χ2n) is 7.58. The number of nitrogens with zero attached hydrogens (tertiary/aromatic N) is 2. The van der Waals surface area contributed by atoms with Gasteiger partial charge in [-0.25, -0.2) is 13.6 Å². The quantitative estimate of drug-likeness (QED) is 0.476. The van der Waals surface area contributed by atoms with Gasteiger partial charge in [-0.05, 0) is 36.2 Å². The minimum absolute atomic E-state index is 0.152. The van der Waals surface area contributed by atoms with Gasteiger partial charge in [0.05, 0.1) is 36.5 Å². The average Bonchev–Trinajstić information content (AvgIpc) is 2.83. The molecular weight excluding hydrogens is 482 g/mol. The molecule has 180 valence electrons. The summed E-state index contributed by atoms with van der Waals surface area (Å²) in [6.45, 7) is 1.64. The van der Waals surface area contributed by atoms with Crippen molar-refractivity contribution in [3.8, 4) is 22.9 Å². The minimum Gasteiger partial charge on any atom is -0.495 e. The first-order chi connectivity index (χ1) is 16.6. The van der Waals surface area contributed by atoms with Crippen LogP contribution in [0.4, 0.5) is 8.78 Å². The number of pyridine rings is 1. The van der Waals surface area contributed by atoms with Gasteiger partial charge in [-0.15, -0.1) is 0 Å². The first-order valence-electron chi connectivity index (χ1n) is 10.4. The van der Waals surface area contributed by atoms with Crippen LogP contribution in [0, 0.1) is 23.0 Å². The van der Waals surface area contributed by atoms with E-state index < -0.39 is 47.0 Å². The summed E-state index contributed by atoms with van der Waals surface area (Å²) in [4.78, 5) is 37.0. The zero-order chi connectivity index (χ0) is 25.9. The van der Waals surface area contributed by atoms with Gasteiger partial charge in [0, 0.05) is 28.6 Å². The van der Waals surface area contributed by atoms with E-state index in [0.29, 0.717) is 16.1 Å². The molecule has 0 radical (unpaired) electrons. The molecule has 1 N–H and O–H groups in total. The average molecular weight is 501 g/mol. The molecule has 1 unspecified atom stereocenters. The van der Waals surface area contributed by atoms with E-state index in [0.717, 1.165) is 16.7 Å². The smallest absolute Gasteiger partial charge is 0.338 e. The van der Waals surface area contributed by atoms with Crippen molar-refractivity contribution in [2.75, 3.05) is 7.11 Å². The van der Waals surface area contributed by atoms with Crippen LogP contribution in [0.2, 0.25) is 5.02 Å². The molecule has 0 amide bonds. The molecule has 1 atom stereocenters. The van der Waals surface area contributed by atoms with Crippen LogP contribution in [-0.2, 0) is 11.2 Å². The lowest BCUT2D eigenvalue weighted by molar-refractivity contribution is -0.121. The lowest BCUT2D eigenvalue weighted by Gasteiger charge is -2.20. The summed E-state index contributed by atoms with van der Waals surface area (Å²) in [5.74, 6) is -5.03. The summed E-state index contributed by atoms with van der Waals surface area (Å²) in [5, 5.41) is 18.7. The fourth-order valence-electron chi connectivity index (χ4n) is 3.76. The molecule has 0 fully saturated rings. The third-order valence-electron chi connectivity index (χ3n) is 5.51. The number of nitriles is 1. The molecule has 0 bridgehead atoms. The van der Waals surface area contributed by atoms with E-state index in [1.54, 1.807) is 6.92 Å². The van der Waals surface area contributed by atoms with Crippen molar-refractivity contribution in [2.24, 2.45) is 0 Å². The molecule has 1 aromatic heterocycles. The van der Waals surface area contributed by atoms with E-state index in [2.05, 4.69) is 0 Å². The molecule has 0 spiro atoms. The summed E-state index contributed by atoms with van der Waals surface area (Å²) >= 11 is 6.06. The number of halogens is 3. The number of carboxylic acid groups (broad SMARTS) is 1. The predicted octanol–water partition coefficient (Wildman–Crippen LogP) is 4.79. The van der Waals surface area contributed by atoms with E-state index >= 15 is 0 Å². The van der Waals surface area contributed by atoms with Crippen LogP contribution in [0.3, 0.4) is 0 Å². The fraction of sp³-hybridized carbons (Fsp3) is 0.200. The summed E-state index contributed by atoms with van der Waals surface area (Å²) in [7, 11) is 1.36. The third kappa shape index (κ3) is 5.08. The normalized spacial score (nSPS) is 11.5. The van der Waals surface area contributed by atoms with Crippen molar-refractivity contribution >= 4 is 23.4 Å². The first-order valence-corrected chi connectivity index (χ1v) is 10.7. The zero-order valence-corrected chi connectivity index (χ0v) is 19.4. The van der Waals surface area contributed by atoms with Gasteiger partial charge in [0.25, 0.3) is 5.56 Å².